The van der Waals surface area contributed by atoms with Gasteiger partial charge in [-0.1, -0.05) is 68.5 Å². The highest BCUT2D eigenvalue weighted by Gasteiger charge is 2.81. The Kier molecular flexibility index (Phi) is 3.78. The molecule has 8 aliphatic rings. The molecule has 0 aromatic heterocycles. The summed E-state index contributed by atoms with van der Waals surface area (Å²) < 4.78 is 5.79. The zero-order valence-corrected chi connectivity index (χ0v) is 31.6. The van der Waals surface area contributed by atoms with Crippen LogP contribution in [0.1, 0.15) is 113 Å². The lowest BCUT2D eigenvalue weighted by atomic mass is 9.72. The predicted octanol–water partition coefficient (Wildman–Crippen LogP) is 11.4. The zero-order valence-electron chi connectivity index (χ0n) is 31.6. The van der Waals surface area contributed by atoms with Gasteiger partial charge in [0.05, 0.1) is 6.61 Å². The summed E-state index contributed by atoms with van der Waals surface area (Å²) in [6.45, 7) is 4.76. The SMILES string of the molecule is CC(C)COC(=O)CCCC1(c2ccccc2)C2c3cc4c5c6c(cc7c8c9c%10c%11c%12c%13c(cc%14c%12c%12c%15c(c%16c3c5c(c%10c86)c%16c%12%11)C21CC%15C=%14)CC(C7)C%139)C4. The molecule has 1 saturated carbocycles. The monoisotopic (exact) mass is 716 g/mol. The van der Waals surface area contributed by atoms with Crippen molar-refractivity contribution in [1.82, 2.24) is 0 Å². The molecule has 0 amide bonds. The van der Waals surface area contributed by atoms with Crippen LogP contribution in [0.15, 0.2) is 48.5 Å². The predicted molar refractivity (Wildman–Crippen MR) is 226 cm³/mol. The van der Waals surface area contributed by atoms with Crippen LogP contribution in [-0.4, -0.2) is 12.6 Å². The molecule has 1 spiro atoms. The number of benzene rings is 7. The third-order valence-corrected chi connectivity index (χ3v) is 18.2. The van der Waals surface area contributed by atoms with Crippen LogP contribution in [0.3, 0.4) is 0 Å². The summed E-state index contributed by atoms with van der Waals surface area (Å²) in [5, 5.41) is 27.9. The van der Waals surface area contributed by atoms with E-state index in [4.69, 9.17) is 4.74 Å². The van der Waals surface area contributed by atoms with Crippen LogP contribution in [0.5, 0.6) is 0 Å². The minimum atomic E-state index is -0.0657. The lowest BCUT2D eigenvalue weighted by molar-refractivity contribution is -0.144. The van der Waals surface area contributed by atoms with Crippen LogP contribution < -0.4 is 5.22 Å². The first-order valence-electron chi connectivity index (χ1n) is 21.8. The summed E-state index contributed by atoms with van der Waals surface area (Å²) >= 11 is 0. The van der Waals surface area contributed by atoms with Crippen LogP contribution in [0, 0.1) is 11.8 Å². The van der Waals surface area contributed by atoms with Gasteiger partial charge in [0.1, 0.15) is 0 Å². The van der Waals surface area contributed by atoms with Gasteiger partial charge < -0.3 is 4.74 Å². The Morgan fingerprint density at radius 3 is 2.29 bits per heavy atom. The first kappa shape index (κ1) is 27.4. The molecule has 0 heterocycles. The molecule has 6 atom stereocenters. The van der Waals surface area contributed by atoms with E-state index in [1.165, 1.54) is 24.8 Å². The summed E-state index contributed by atoms with van der Waals surface area (Å²) in [7, 11) is 0. The molecule has 10 aromatic carbocycles. The number of fused-ring (bicyclic) bond motifs is 1. The molecule has 2 nitrogen and oxygen atoms in total. The van der Waals surface area contributed by atoms with Gasteiger partial charge in [-0.25, -0.2) is 0 Å². The highest BCUT2D eigenvalue weighted by Crippen LogP contribution is 2.87. The number of hydrogen-bond acceptors (Lipinski definition) is 2. The molecule has 2 heteroatoms. The molecule has 0 radical (unpaired) electrons. The average molecular weight is 717 g/mol. The minimum absolute atomic E-state index is 0.00970. The number of rotatable bonds is 7. The van der Waals surface area contributed by atoms with Crippen LogP contribution in [0.2, 0.25) is 0 Å². The second kappa shape index (κ2) is 7.73. The molecule has 6 unspecified atom stereocenters. The maximum atomic E-state index is 13.3. The van der Waals surface area contributed by atoms with Crippen LogP contribution in [-0.2, 0) is 39.6 Å². The summed E-state index contributed by atoms with van der Waals surface area (Å²) in [5.74, 6) is 2.38. The van der Waals surface area contributed by atoms with E-state index < -0.39 is 0 Å². The van der Waals surface area contributed by atoms with Crippen LogP contribution in [0.25, 0.3) is 92.3 Å². The number of hydrogen-bond donors (Lipinski definition) is 0. The molecule has 0 aliphatic heterocycles. The van der Waals surface area contributed by atoms with Gasteiger partial charge in [0.2, 0.25) is 0 Å². The van der Waals surface area contributed by atoms with E-state index in [0.717, 1.165) is 19.3 Å². The Labute approximate surface area is 321 Å². The molecule has 0 N–H and O–H groups in total. The summed E-state index contributed by atoms with van der Waals surface area (Å²) in [5.41, 5.74) is 16.5. The number of esters is 1. The molecule has 18 rings (SSSR count). The molecule has 0 bridgehead atoms. The topological polar surface area (TPSA) is 26.3 Å². The van der Waals surface area contributed by atoms with E-state index in [0.29, 0.717) is 42.6 Å². The first-order chi connectivity index (χ1) is 27.5. The molecular formula is C54H36O2. The molecule has 0 saturated heterocycles. The van der Waals surface area contributed by atoms with E-state index in [-0.39, 0.29) is 16.8 Å². The van der Waals surface area contributed by atoms with Gasteiger partial charge in [0, 0.05) is 35.0 Å². The Balaban J connectivity index is 1.06. The number of carbonyl (C=O) groups excluding carboxylic acids is 1. The third-order valence-electron chi connectivity index (χ3n) is 18.2. The van der Waals surface area contributed by atoms with Crippen molar-refractivity contribution in [2.75, 3.05) is 6.61 Å². The van der Waals surface area contributed by atoms with Crippen molar-refractivity contribution in [2.45, 2.75) is 87.4 Å². The van der Waals surface area contributed by atoms with Gasteiger partial charge >= 0.3 is 5.97 Å². The highest BCUT2D eigenvalue weighted by atomic mass is 16.5. The summed E-state index contributed by atoms with van der Waals surface area (Å²) in [6, 6.07) is 19.9. The van der Waals surface area contributed by atoms with E-state index in [1.807, 2.05) is 0 Å². The largest absolute Gasteiger partial charge is 0.465 e. The van der Waals surface area contributed by atoms with Crippen molar-refractivity contribution < 1.29 is 9.53 Å². The van der Waals surface area contributed by atoms with E-state index in [2.05, 4.69) is 68.5 Å². The van der Waals surface area contributed by atoms with Crippen molar-refractivity contribution in [2.24, 2.45) is 11.8 Å². The second-order valence-electron chi connectivity index (χ2n) is 20.5. The Morgan fingerprint density at radius 2 is 1.43 bits per heavy atom. The molecule has 1 fully saturated rings. The quantitative estimate of drug-likeness (QED) is 0.121. The van der Waals surface area contributed by atoms with Gasteiger partial charge in [-0.15, -0.1) is 0 Å². The zero-order chi connectivity index (χ0) is 35.8. The van der Waals surface area contributed by atoms with Crippen molar-refractivity contribution in [3.63, 3.8) is 0 Å². The molecule has 8 aliphatic carbocycles. The Bertz CT molecular complexity index is 3750. The minimum Gasteiger partial charge on any atom is -0.465 e. The molecular weight excluding hydrogens is 681 g/mol. The summed E-state index contributed by atoms with van der Waals surface area (Å²) in [6.07, 6.45) is 9.85. The van der Waals surface area contributed by atoms with Crippen LogP contribution in [0.4, 0.5) is 0 Å². The lowest BCUT2D eigenvalue weighted by Gasteiger charge is -2.30. The fourth-order valence-corrected chi connectivity index (χ4v) is 17.3. The standard InChI is InChI=1S/C54H36O2/c1-20(2)19-56-30(55)9-6-10-53(28-7-4-3-5-8-28)52-29-17-26-15-23-13-24-12-21-11-22-14-25-16-27-18-54(52,53)51-37(27)42-36(25)41-32(22)31(21)39-35(24)40-33(23)34(26)43-38(29)50(51)49-47(42)45(41)44(39)46(40)48(43)49/h3-5,7-8,13-14,16-17,20-21,27,31,52H,6,9-12,15,18-19H2,1-2H3. The van der Waals surface area contributed by atoms with E-state index in [1.54, 1.807) is 141 Å². The number of ether oxygens (including phenoxy) is 1. The maximum Gasteiger partial charge on any atom is 0.305 e. The average Bonchev–Trinajstić information content (AvgIpc) is 3.88. The Morgan fingerprint density at radius 1 is 0.714 bits per heavy atom. The molecule has 56 heavy (non-hydrogen) atoms. The second-order valence-corrected chi connectivity index (χ2v) is 20.5. The van der Waals surface area contributed by atoms with Crippen molar-refractivity contribution in [3.05, 3.63) is 109 Å². The van der Waals surface area contributed by atoms with Gasteiger partial charge in [0.15, 0.2) is 0 Å². The van der Waals surface area contributed by atoms with Crippen molar-refractivity contribution >= 4 is 98.2 Å². The smallest absolute Gasteiger partial charge is 0.305 e. The Hall–Kier alpha value is -5.21. The van der Waals surface area contributed by atoms with Crippen molar-refractivity contribution in [1.29, 1.82) is 0 Å². The van der Waals surface area contributed by atoms with Crippen LogP contribution >= 0.6 is 0 Å². The van der Waals surface area contributed by atoms with Gasteiger partial charge in [-0.05, 0) is 197 Å². The third kappa shape index (κ3) is 2.24. The maximum absolute atomic E-state index is 13.3. The summed E-state index contributed by atoms with van der Waals surface area (Å²) in [4.78, 5) is 13.3. The normalized spacial score (nSPS) is 28.3. The van der Waals surface area contributed by atoms with Gasteiger partial charge in [-0.2, -0.15) is 0 Å². The fourth-order valence-electron chi connectivity index (χ4n) is 17.3. The lowest BCUT2D eigenvalue weighted by Crippen LogP contribution is -2.22. The fraction of sp³-hybridized carbons (Fsp3) is 0.315. The van der Waals surface area contributed by atoms with Gasteiger partial charge in [0.25, 0.3) is 0 Å². The van der Waals surface area contributed by atoms with E-state index >= 15 is 0 Å². The first-order valence-corrected chi connectivity index (χ1v) is 21.8. The number of carbonyl (C=O) groups is 1. The van der Waals surface area contributed by atoms with Gasteiger partial charge in [-0.3, -0.25) is 4.79 Å². The highest BCUT2D eigenvalue weighted by molar-refractivity contribution is 6.58. The van der Waals surface area contributed by atoms with E-state index in [9.17, 15) is 4.79 Å². The molecule has 10 aromatic rings. The molecule has 264 valence electrons. The van der Waals surface area contributed by atoms with Crippen molar-refractivity contribution in [3.8, 4) is 0 Å².